The van der Waals surface area contributed by atoms with Crippen molar-refractivity contribution in [2.75, 3.05) is 11.9 Å². The van der Waals surface area contributed by atoms with Gasteiger partial charge in [-0.15, -0.1) is 0 Å². The van der Waals surface area contributed by atoms with Crippen LogP contribution in [0.3, 0.4) is 0 Å². The van der Waals surface area contributed by atoms with Crippen LogP contribution in [0.1, 0.15) is 49.4 Å². The molecular weight excluding hydrogens is 356 g/mol. The van der Waals surface area contributed by atoms with E-state index in [9.17, 15) is 9.59 Å². The van der Waals surface area contributed by atoms with Crippen LogP contribution in [0, 0.1) is 5.92 Å². The Morgan fingerprint density at radius 1 is 1.23 bits per heavy atom. The lowest BCUT2D eigenvalue weighted by atomic mass is 9.88. The number of carbonyl (C=O) groups is 2. The van der Waals surface area contributed by atoms with Gasteiger partial charge in [-0.25, -0.2) is 4.79 Å². The number of hydrogen-bond donors (Lipinski definition) is 1. The van der Waals surface area contributed by atoms with Crippen LogP contribution in [0.15, 0.2) is 28.8 Å². The molecule has 1 amide bonds. The van der Waals surface area contributed by atoms with Gasteiger partial charge in [0.1, 0.15) is 5.69 Å². The van der Waals surface area contributed by atoms with Crippen molar-refractivity contribution in [3.63, 3.8) is 0 Å². The lowest BCUT2D eigenvalue weighted by Gasteiger charge is -2.20. The molecule has 0 atom stereocenters. The van der Waals surface area contributed by atoms with Gasteiger partial charge in [0.15, 0.2) is 5.56 Å². The van der Waals surface area contributed by atoms with Crippen molar-refractivity contribution in [2.45, 2.75) is 39.0 Å². The van der Waals surface area contributed by atoms with Crippen molar-refractivity contribution in [2.24, 2.45) is 5.92 Å². The van der Waals surface area contributed by atoms with E-state index in [2.05, 4.69) is 10.5 Å². The minimum absolute atomic E-state index is 0.0315. The van der Waals surface area contributed by atoms with Crippen molar-refractivity contribution in [3.05, 3.63) is 34.9 Å². The minimum atomic E-state index is -0.586. The van der Waals surface area contributed by atoms with Gasteiger partial charge in [-0.2, -0.15) is 0 Å². The standard InChI is InChI=1S/C19H21ClN2O4/c1-2-25-19(24)15-16(12-8-10-14(20)11-9-12)22-26-18(15)21-17(23)13-6-4-3-5-7-13/h8-11,13H,2-7H2,1H3,(H,21,23). The van der Waals surface area contributed by atoms with Crippen LogP contribution in [-0.2, 0) is 9.53 Å². The maximum atomic E-state index is 12.5. The van der Waals surface area contributed by atoms with E-state index in [-0.39, 0.29) is 29.9 Å². The highest BCUT2D eigenvalue weighted by Gasteiger charge is 2.29. The number of nitrogens with one attached hydrogen (secondary N) is 1. The van der Waals surface area contributed by atoms with Gasteiger partial charge >= 0.3 is 5.97 Å². The van der Waals surface area contributed by atoms with Crippen LogP contribution in [-0.4, -0.2) is 23.6 Å². The number of esters is 1. The first-order chi connectivity index (χ1) is 12.6. The summed E-state index contributed by atoms with van der Waals surface area (Å²) in [6.07, 6.45) is 4.92. The molecule has 1 aromatic heterocycles. The molecule has 1 N–H and O–H groups in total. The summed E-state index contributed by atoms with van der Waals surface area (Å²) in [4.78, 5) is 25.0. The molecule has 1 fully saturated rings. The van der Waals surface area contributed by atoms with Crippen LogP contribution in [0.25, 0.3) is 11.3 Å². The number of rotatable bonds is 5. The molecule has 1 saturated carbocycles. The average molecular weight is 377 g/mol. The first-order valence-electron chi connectivity index (χ1n) is 8.83. The number of aromatic nitrogens is 1. The smallest absolute Gasteiger partial charge is 0.346 e. The molecule has 0 saturated heterocycles. The topological polar surface area (TPSA) is 81.4 Å². The highest BCUT2D eigenvalue weighted by molar-refractivity contribution is 6.30. The maximum absolute atomic E-state index is 12.5. The monoisotopic (exact) mass is 376 g/mol. The Morgan fingerprint density at radius 3 is 2.58 bits per heavy atom. The SMILES string of the molecule is CCOC(=O)c1c(-c2ccc(Cl)cc2)noc1NC(=O)C1CCCCC1. The third-order valence-corrected chi connectivity index (χ3v) is 4.75. The summed E-state index contributed by atoms with van der Waals surface area (Å²) in [7, 11) is 0. The molecule has 138 valence electrons. The molecule has 1 aliphatic carbocycles. The number of halogens is 1. The molecule has 0 radical (unpaired) electrons. The normalized spacial score (nSPS) is 14.8. The van der Waals surface area contributed by atoms with Crippen molar-refractivity contribution < 1.29 is 18.8 Å². The van der Waals surface area contributed by atoms with E-state index in [0.717, 1.165) is 32.1 Å². The maximum Gasteiger partial charge on any atom is 0.346 e. The Kier molecular flexibility index (Phi) is 5.93. The summed E-state index contributed by atoms with van der Waals surface area (Å²) in [6, 6.07) is 6.85. The van der Waals surface area contributed by atoms with E-state index in [1.165, 1.54) is 0 Å². The molecular formula is C19H21ClN2O4. The Morgan fingerprint density at radius 2 is 1.92 bits per heavy atom. The molecule has 7 heteroatoms. The van der Waals surface area contributed by atoms with E-state index >= 15 is 0 Å². The van der Waals surface area contributed by atoms with E-state index in [1.807, 2.05) is 0 Å². The zero-order valence-electron chi connectivity index (χ0n) is 14.6. The van der Waals surface area contributed by atoms with Gasteiger partial charge in [0, 0.05) is 16.5 Å². The fourth-order valence-corrected chi connectivity index (χ4v) is 3.28. The Bertz CT molecular complexity index is 779. The van der Waals surface area contributed by atoms with Crippen molar-refractivity contribution >= 4 is 29.4 Å². The summed E-state index contributed by atoms with van der Waals surface area (Å²) >= 11 is 5.92. The first kappa shape index (κ1) is 18.5. The van der Waals surface area contributed by atoms with Gasteiger partial charge in [0.2, 0.25) is 11.8 Å². The number of ether oxygens (including phenoxy) is 1. The summed E-state index contributed by atoms with van der Waals surface area (Å²) in [5.74, 6) is -0.765. The summed E-state index contributed by atoms with van der Waals surface area (Å²) in [6.45, 7) is 1.92. The number of carbonyl (C=O) groups excluding carboxylic acids is 2. The van der Waals surface area contributed by atoms with Crippen molar-refractivity contribution in [1.82, 2.24) is 5.16 Å². The Hall–Kier alpha value is -2.34. The third-order valence-electron chi connectivity index (χ3n) is 4.50. The van der Waals surface area contributed by atoms with Crippen LogP contribution in [0.2, 0.25) is 5.02 Å². The van der Waals surface area contributed by atoms with Crippen LogP contribution >= 0.6 is 11.6 Å². The highest BCUT2D eigenvalue weighted by atomic mass is 35.5. The molecule has 0 aliphatic heterocycles. The first-order valence-corrected chi connectivity index (χ1v) is 9.21. The molecule has 0 bridgehead atoms. The molecule has 3 rings (SSSR count). The summed E-state index contributed by atoms with van der Waals surface area (Å²) < 4.78 is 10.4. The third kappa shape index (κ3) is 4.07. The van der Waals surface area contributed by atoms with Crippen LogP contribution in [0.5, 0.6) is 0 Å². The zero-order chi connectivity index (χ0) is 18.5. The van der Waals surface area contributed by atoms with E-state index in [1.54, 1.807) is 31.2 Å². The minimum Gasteiger partial charge on any atom is -0.462 e. The molecule has 0 spiro atoms. The fourth-order valence-electron chi connectivity index (χ4n) is 3.15. The van der Waals surface area contributed by atoms with Gasteiger partial charge in [-0.3, -0.25) is 10.1 Å². The van der Waals surface area contributed by atoms with Crippen LogP contribution < -0.4 is 5.32 Å². The largest absolute Gasteiger partial charge is 0.462 e. The predicted octanol–water partition coefficient (Wildman–Crippen LogP) is 4.69. The van der Waals surface area contributed by atoms with E-state index in [0.29, 0.717) is 16.3 Å². The Labute approximate surface area is 156 Å². The van der Waals surface area contributed by atoms with E-state index in [4.69, 9.17) is 20.9 Å². The highest BCUT2D eigenvalue weighted by Crippen LogP contribution is 2.32. The van der Waals surface area contributed by atoms with Gasteiger partial charge in [0.25, 0.3) is 0 Å². The van der Waals surface area contributed by atoms with Crippen molar-refractivity contribution in [1.29, 1.82) is 0 Å². The van der Waals surface area contributed by atoms with Crippen LogP contribution in [0.4, 0.5) is 5.88 Å². The Balaban J connectivity index is 1.90. The molecule has 1 aromatic carbocycles. The summed E-state index contributed by atoms with van der Waals surface area (Å²) in [5, 5.41) is 7.28. The number of benzene rings is 1. The number of amides is 1. The number of anilines is 1. The second-order valence-corrected chi connectivity index (χ2v) is 6.72. The van der Waals surface area contributed by atoms with Gasteiger partial charge < -0.3 is 9.26 Å². The second-order valence-electron chi connectivity index (χ2n) is 6.29. The molecule has 1 heterocycles. The molecule has 0 unspecified atom stereocenters. The predicted molar refractivity (Wildman–Crippen MR) is 98.1 cm³/mol. The van der Waals surface area contributed by atoms with Crippen molar-refractivity contribution in [3.8, 4) is 11.3 Å². The second kappa shape index (κ2) is 8.36. The lowest BCUT2D eigenvalue weighted by molar-refractivity contribution is -0.120. The average Bonchev–Trinajstić information content (AvgIpc) is 3.07. The molecule has 2 aromatic rings. The lowest BCUT2D eigenvalue weighted by Crippen LogP contribution is -2.25. The van der Waals surface area contributed by atoms with Gasteiger partial charge in [0.05, 0.1) is 6.61 Å². The fraction of sp³-hybridized carbons (Fsp3) is 0.421. The molecule has 1 aliphatic rings. The number of hydrogen-bond acceptors (Lipinski definition) is 5. The quantitative estimate of drug-likeness (QED) is 0.765. The van der Waals surface area contributed by atoms with Gasteiger partial charge in [-0.1, -0.05) is 48.2 Å². The number of nitrogens with zero attached hydrogens (tertiary/aromatic N) is 1. The summed E-state index contributed by atoms with van der Waals surface area (Å²) in [5.41, 5.74) is 1.09. The van der Waals surface area contributed by atoms with Gasteiger partial charge in [-0.05, 0) is 31.9 Å². The van der Waals surface area contributed by atoms with E-state index < -0.39 is 5.97 Å². The molecule has 26 heavy (non-hydrogen) atoms. The zero-order valence-corrected chi connectivity index (χ0v) is 15.3. The molecule has 6 nitrogen and oxygen atoms in total.